The molecule has 0 radical (unpaired) electrons. The molecule has 0 aliphatic carbocycles. The normalized spacial score (nSPS) is 15.7. The molecular formula is C20H23FN6O. The Balaban J connectivity index is 1.41. The molecule has 8 heteroatoms. The van der Waals surface area contributed by atoms with Gasteiger partial charge in [-0.25, -0.2) is 14.2 Å². The number of rotatable bonds is 3. The van der Waals surface area contributed by atoms with Crippen LogP contribution in [0.3, 0.4) is 0 Å². The molecule has 1 atom stereocenters. The molecule has 28 heavy (non-hydrogen) atoms. The Kier molecular flexibility index (Phi) is 4.85. The summed E-state index contributed by atoms with van der Waals surface area (Å²) in [7, 11) is 0. The number of aromatic nitrogens is 3. The van der Waals surface area contributed by atoms with E-state index in [4.69, 9.17) is 0 Å². The van der Waals surface area contributed by atoms with Crippen LogP contribution in [-0.2, 0) is 0 Å². The van der Waals surface area contributed by atoms with Crippen LogP contribution >= 0.6 is 0 Å². The van der Waals surface area contributed by atoms with Gasteiger partial charge in [-0.15, -0.1) is 0 Å². The molecule has 1 aliphatic heterocycles. The molecular weight excluding hydrogens is 359 g/mol. The van der Waals surface area contributed by atoms with E-state index in [1.807, 2.05) is 43.1 Å². The van der Waals surface area contributed by atoms with Crippen molar-refractivity contribution >= 4 is 17.4 Å². The van der Waals surface area contributed by atoms with Crippen LogP contribution in [0.4, 0.5) is 14.9 Å². The molecule has 0 unspecified atom stereocenters. The number of hydrogen-bond acceptors (Lipinski definition) is 4. The number of nitrogens with one attached hydrogen (secondary N) is 1. The maximum Gasteiger partial charge on any atom is 0.318 e. The van der Waals surface area contributed by atoms with Gasteiger partial charge in [0.05, 0.1) is 17.9 Å². The lowest BCUT2D eigenvalue weighted by molar-refractivity contribution is 0.190. The highest BCUT2D eigenvalue weighted by atomic mass is 19.1. The second-order valence-corrected chi connectivity index (χ2v) is 7.02. The minimum absolute atomic E-state index is 0.114. The molecule has 7 nitrogen and oxygen atoms in total. The Hall–Kier alpha value is -3.16. The van der Waals surface area contributed by atoms with Crippen molar-refractivity contribution in [2.75, 3.05) is 31.1 Å². The van der Waals surface area contributed by atoms with Crippen molar-refractivity contribution in [2.45, 2.75) is 19.9 Å². The highest BCUT2D eigenvalue weighted by molar-refractivity contribution is 5.75. The van der Waals surface area contributed by atoms with Crippen molar-refractivity contribution in [2.24, 2.45) is 0 Å². The summed E-state index contributed by atoms with van der Waals surface area (Å²) in [6, 6.07) is 7.28. The topological polar surface area (TPSA) is 65.8 Å². The van der Waals surface area contributed by atoms with Gasteiger partial charge in [0.2, 0.25) is 0 Å². The summed E-state index contributed by atoms with van der Waals surface area (Å²) in [5.41, 5.74) is 3.41. The lowest BCUT2D eigenvalue weighted by atomic mass is 10.2. The number of pyridine rings is 2. The van der Waals surface area contributed by atoms with Gasteiger partial charge in [-0.3, -0.25) is 9.38 Å². The Morgan fingerprint density at radius 3 is 2.71 bits per heavy atom. The average Bonchev–Trinajstić information content (AvgIpc) is 3.09. The number of anilines is 1. The molecule has 1 saturated heterocycles. The van der Waals surface area contributed by atoms with E-state index < -0.39 is 0 Å². The molecule has 3 aromatic heterocycles. The zero-order chi connectivity index (χ0) is 19.7. The largest absolute Gasteiger partial charge is 0.366 e. The van der Waals surface area contributed by atoms with Crippen molar-refractivity contribution in [3.63, 3.8) is 0 Å². The number of hydrogen-bond donors (Lipinski definition) is 1. The first-order valence-corrected chi connectivity index (χ1v) is 9.37. The van der Waals surface area contributed by atoms with E-state index >= 15 is 0 Å². The lowest BCUT2D eigenvalue weighted by Gasteiger charge is -2.36. The summed E-state index contributed by atoms with van der Waals surface area (Å²) < 4.78 is 16.0. The standard InChI is InChI=1S/C20H23FN6O/c1-14-12-23-19-5-3-4-17(27(14)19)15(2)24-20(28)26-10-8-25(9-11-26)18-6-7-22-13-16(18)21/h3-7,12-13,15H,8-11H2,1-2H3,(H,24,28)/t15-/m0/s1. The number of halogens is 1. The molecule has 1 N–H and O–H groups in total. The quantitative estimate of drug-likeness (QED) is 0.757. The summed E-state index contributed by atoms with van der Waals surface area (Å²) in [6.07, 6.45) is 4.62. The monoisotopic (exact) mass is 382 g/mol. The van der Waals surface area contributed by atoms with Crippen LogP contribution < -0.4 is 10.2 Å². The average molecular weight is 382 g/mol. The minimum atomic E-state index is -0.335. The van der Waals surface area contributed by atoms with E-state index in [-0.39, 0.29) is 17.9 Å². The minimum Gasteiger partial charge on any atom is -0.366 e. The van der Waals surface area contributed by atoms with Gasteiger partial charge in [-0.1, -0.05) is 6.07 Å². The number of piperazine rings is 1. The van der Waals surface area contributed by atoms with Gasteiger partial charge >= 0.3 is 6.03 Å². The fourth-order valence-electron chi connectivity index (χ4n) is 3.68. The van der Waals surface area contributed by atoms with E-state index in [1.54, 1.807) is 17.2 Å². The second kappa shape index (κ2) is 7.46. The van der Waals surface area contributed by atoms with Crippen LogP contribution in [0.15, 0.2) is 42.9 Å². The third-order valence-corrected chi connectivity index (χ3v) is 5.18. The summed E-state index contributed by atoms with van der Waals surface area (Å²) in [4.78, 5) is 24.6. The SMILES string of the molecule is Cc1cnc2cccc([C@H](C)NC(=O)N3CCN(c4ccncc4F)CC3)n12. The number of amides is 2. The predicted octanol–water partition coefficient (Wildman–Crippen LogP) is 2.77. The summed E-state index contributed by atoms with van der Waals surface area (Å²) in [5, 5.41) is 3.08. The van der Waals surface area contributed by atoms with Crippen molar-refractivity contribution < 1.29 is 9.18 Å². The number of imidazole rings is 1. The van der Waals surface area contributed by atoms with Crippen LogP contribution in [0.1, 0.15) is 24.4 Å². The van der Waals surface area contributed by atoms with Crippen molar-refractivity contribution in [1.82, 2.24) is 24.6 Å². The van der Waals surface area contributed by atoms with Crippen LogP contribution in [0.2, 0.25) is 0 Å². The number of urea groups is 1. The first-order valence-electron chi connectivity index (χ1n) is 9.37. The maximum absolute atomic E-state index is 13.9. The number of fused-ring (bicyclic) bond motifs is 1. The molecule has 146 valence electrons. The van der Waals surface area contributed by atoms with Gasteiger partial charge in [0.15, 0.2) is 5.82 Å². The molecule has 3 aromatic rings. The van der Waals surface area contributed by atoms with Gasteiger partial charge in [0.25, 0.3) is 0 Å². The lowest BCUT2D eigenvalue weighted by Crippen LogP contribution is -2.52. The van der Waals surface area contributed by atoms with Crippen LogP contribution in [0.25, 0.3) is 5.65 Å². The molecule has 4 heterocycles. The molecule has 1 fully saturated rings. The van der Waals surface area contributed by atoms with Gasteiger partial charge in [0.1, 0.15) is 5.65 Å². The van der Waals surface area contributed by atoms with Crippen molar-refractivity contribution in [3.05, 3.63) is 60.1 Å². The molecule has 4 rings (SSSR count). The number of carbonyl (C=O) groups excluding carboxylic acids is 1. The molecule has 0 aromatic carbocycles. The maximum atomic E-state index is 13.9. The number of carbonyl (C=O) groups is 1. The van der Waals surface area contributed by atoms with E-state index in [0.717, 1.165) is 17.0 Å². The van der Waals surface area contributed by atoms with Crippen LogP contribution in [0, 0.1) is 12.7 Å². The Morgan fingerprint density at radius 1 is 1.18 bits per heavy atom. The number of nitrogens with zero attached hydrogens (tertiary/aromatic N) is 5. The van der Waals surface area contributed by atoms with Crippen molar-refractivity contribution in [1.29, 1.82) is 0 Å². The Labute approximate surface area is 162 Å². The van der Waals surface area contributed by atoms with Crippen LogP contribution in [0.5, 0.6) is 0 Å². The number of aryl methyl sites for hydroxylation is 1. The molecule has 2 amide bonds. The van der Waals surface area contributed by atoms with E-state index in [1.165, 1.54) is 6.20 Å². The van der Waals surface area contributed by atoms with E-state index in [0.29, 0.717) is 31.9 Å². The molecule has 0 spiro atoms. The predicted molar refractivity (Wildman–Crippen MR) is 105 cm³/mol. The Morgan fingerprint density at radius 2 is 1.96 bits per heavy atom. The highest BCUT2D eigenvalue weighted by Gasteiger charge is 2.24. The van der Waals surface area contributed by atoms with Crippen LogP contribution in [-0.4, -0.2) is 51.5 Å². The zero-order valence-electron chi connectivity index (χ0n) is 16.0. The third kappa shape index (κ3) is 3.37. The smallest absolute Gasteiger partial charge is 0.318 e. The van der Waals surface area contributed by atoms with Gasteiger partial charge in [-0.2, -0.15) is 0 Å². The molecule has 0 saturated carbocycles. The van der Waals surface area contributed by atoms with Gasteiger partial charge in [0, 0.05) is 50.0 Å². The Bertz CT molecular complexity index is 995. The fraction of sp³-hybridized carbons (Fsp3) is 0.350. The first kappa shape index (κ1) is 18.2. The van der Waals surface area contributed by atoms with E-state index in [9.17, 15) is 9.18 Å². The highest BCUT2D eigenvalue weighted by Crippen LogP contribution is 2.20. The van der Waals surface area contributed by atoms with Gasteiger partial charge < -0.3 is 15.1 Å². The van der Waals surface area contributed by atoms with E-state index in [2.05, 4.69) is 19.7 Å². The molecule has 0 bridgehead atoms. The molecule has 1 aliphatic rings. The summed E-state index contributed by atoms with van der Waals surface area (Å²) >= 11 is 0. The fourth-order valence-corrected chi connectivity index (χ4v) is 3.68. The van der Waals surface area contributed by atoms with Crippen molar-refractivity contribution in [3.8, 4) is 0 Å². The zero-order valence-corrected chi connectivity index (χ0v) is 16.0. The summed E-state index contributed by atoms with van der Waals surface area (Å²) in [5.74, 6) is -0.335. The van der Waals surface area contributed by atoms with Gasteiger partial charge in [-0.05, 0) is 32.0 Å². The first-order chi connectivity index (χ1) is 13.5. The second-order valence-electron chi connectivity index (χ2n) is 7.02. The summed E-state index contributed by atoms with van der Waals surface area (Å²) in [6.45, 7) is 6.20. The third-order valence-electron chi connectivity index (χ3n) is 5.18.